The lowest BCUT2D eigenvalue weighted by Crippen LogP contribution is -2.43. The van der Waals surface area contributed by atoms with Crippen LogP contribution in [0.15, 0.2) is 18.2 Å². The van der Waals surface area contributed by atoms with Gasteiger partial charge in [0.1, 0.15) is 5.75 Å². The number of hydrogen-bond acceptors (Lipinski definition) is 3. The Kier molecular flexibility index (Phi) is 4.25. The van der Waals surface area contributed by atoms with Crippen LogP contribution in [-0.4, -0.2) is 53.9 Å². The van der Waals surface area contributed by atoms with Gasteiger partial charge in [-0.05, 0) is 30.2 Å². The third-order valence-corrected chi connectivity index (χ3v) is 4.46. The van der Waals surface area contributed by atoms with Gasteiger partial charge in [0.25, 0.3) is 5.91 Å². The minimum absolute atomic E-state index is 0.00211. The second-order valence-corrected chi connectivity index (χ2v) is 6.18. The average Bonchev–Trinajstić information content (AvgIpc) is 2.74. The van der Waals surface area contributed by atoms with Crippen molar-refractivity contribution in [2.24, 2.45) is 0 Å². The topological polar surface area (TPSA) is 49.9 Å². The Hall–Kier alpha value is -1.75. The molecule has 22 heavy (non-hydrogen) atoms. The molecule has 3 rings (SSSR count). The summed E-state index contributed by atoms with van der Waals surface area (Å²) in [6.45, 7) is 4.10. The molecular formula is C16H19ClN2O3. The zero-order valence-electron chi connectivity index (χ0n) is 12.5. The van der Waals surface area contributed by atoms with Crippen LogP contribution in [0.1, 0.15) is 18.9 Å². The number of hydrogen-bond donors (Lipinski definition) is 0. The first-order valence-electron chi connectivity index (χ1n) is 7.54. The van der Waals surface area contributed by atoms with Crippen molar-refractivity contribution in [2.75, 3.05) is 26.2 Å². The minimum atomic E-state index is -0.475. The first kappa shape index (κ1) is 15.2. The van der Waals surface area contributed by atoms with E-state index in [-0.39, 0.29) is 11.8 Å². The lowest BCUT2D eigenvalue weighted by atomic mass is 10.1. The summed E-state index contributed by atoms with van der Waals surface area (Å²) >= 11 is 5.98. The molecule has 1 saturated heterocycles. The molecular weight excluding hydrogens is 304 g/mol. The van der Waals surface area contributed by atoms with Crippen molar-refractivity contribution in [1.29, 1.82) is 0 Å². The van der Waals surface area contributed by atoms with Crippen LogP contribution < -0.4 is 4.74 Å². The lowest BCUT2D eigenvalue weighted by molar-refractivity contribution is -0.138. The number of fused-ring (bicyclic) bond motifs is 1. The monoisotopic (exact) mass is 322 g/mol. The number of rotatable bonds is 1. The van der Waals surface area contributed by atoms with E-state index in [0.29, 0.717) is 37.6 Å². The second-order valence-electron chi connectivity index (χ2n) is 5.75. The summed E-state index contributed by atoms with van der Waals surface area (Å²) in [4.78, 5) is 27.7. The fraction of sp³-hybridized carbons (Fsp3) is 0.500. The normalized spacial score (nSPS) is 21.1. The molecule has 2 heterocycles. The van der Waals surface area contributed by atoms with E-state index < -0.39 is 6.10 Å². The van der Waals surface area contributed by atoms with Gasteiger partial charge in [0, 0.05) is 44.5 Å². The number of halogens is 1. The van der Waals surface area contributed by atoms with Crippen LogP contribution in [0.4, 0.5) is 0 Å². The number of ether oxygens (including phenoxy) is 1. The van der Waals surface area contributed by atoms with Gasteiger partial charge in [-0.2, -0.15) is 0 Å². The van der Waals surface area contributed by atoms with Crippen molar-refractivity contribution in [3.8, 4) is 5.75 Å². The SMILES string of the molecule is CC(=O)N1CCCN(C(=O)C2Cc3cc(Cl)ccc3O2)CC1. The number of nitrogens with zero attached hydrogens (tertiary/aromatic N) is 2. The Bertz CT molecular complexity index is 605. The van der Waals surface area contributed by atoms with Gasteiger partial charge in [-0.3, -0.25) is 9.59 Å². The van der Waals surface area contributed by atoms with E-state index in [1.807, 2.05) is 12.1 Å². The zero-order chi connectivity index (χ0) is 15.7. The maximum Gasteiger partial charge on any atom is 0.264 e. The van der Waals surface area contributed by atoms with Crippen molar-refractivity contribution < 1.29 is 14.3 Å². The summed E-state index contributed by atoms with van der Waals surface area (Å²) in [6, 6.07) is 5.43. The molecule has 0 radical (unpaired) electrons. The molecule has 1 aromatic rings. The Labute approximate surface area is 134 Å². The van der Waals surface area contributed by atoms with Crippen LogP contribution in [0.2, 0.25) is 5.02 Å². The van der Waals surface area contributed by atoms with E-state index in [9.17, 15) is 9.59 Å². The fourth-order valence-electron chi connectivity index (χ4n) is 3.01. The first-order chi connectivity index (χ1) is 10.5. The third-order valence-electron chi connectivity index (χ3n) is 4.23. The van der Waals surface area contributed by atoms with Gasteiger partial charge in [-0.1, -0.05) is 11.6 Å². The molecule has 0 spiro atoms. The molecule has 0 N–H and O–H groups in total. The summed E-state index contributed by atoms with van der Waals surface area (Å²) in [5.41, 5.74) is 0.978. The molecule has 118 valence electrons. The van der Waals surface area contributed by atoms with Gasteiger partial charge < -0.3 is 14.5 Å². The smallest absolute Gasteiger partial charge is 0.264 e. The first-order valence-corrected chi connectivity index (χ1v) is 7.92. The molecule has 1 fully saturated rings. The molecule has 0 saturated carbocycles. The summed E-state index contributed by atoms with van der Waals surface area (Å²) in [7, 11) is 0. The maximum absolute atomic E-state index is 12.6. The maximum atomic E-state index is 12.6. The number of carbonyl (C=O) groups excluding carboxylic acids is 2. The molecule has 1 aromatic carbocycles. The van der Waals surface area contributed by atoms with E-state index in [0.717, 1.165) is 17.7 Å². The van der Waals surface area contributed by atoms with Gasteiger partial charge in [-0.15, -0.1) is 0 Å². The molecule has 0 aromatic heterocycles. The Morgan fingerprint density at radius 1 is 1.18 bits per heavy atom. The summed E-state index contributed by atoms with van der Waals surface area (Å²) in [6.07, 6.45) is 0.885. The van der Waals surface area contributed by atoms with Crippen LogP contribution in [-0.2, 0) is 16.0 Å². The molecule has 2 amide bonds. The highest BCUT2D eigenvalue weighted by atomic mass is 35.5. The Balaban J connectivity index is 1.64. The van der Waals surface area contributed by atoms with Crippen LogP contribution in [0.3, 0.4) is 0 Å². The van der Waals surface area contributed by atoms with Gasteiger partial charge in [0.2, 0.25) is 5.91 Å². The standard InChI is InChI=1S/C16H19ClN2O3/c1-11(20)18-5-2-6-19(8-7-18)16(21)15-10-12-9-13(17)3-4-14(12)22-15/h3-4,9,15H,2,5-8,10H2,1H3. The van der Waals surface area contributed by atoms with Gasteiger partial charge in [0.15, 0.2) is 6.10 Å². The Morgan fingerprint density at radius 2 is 1.91 bits per heavy atom. The summed E-state index contributed by atoms with van der Waals surface area (Å²) in [5, 5.41) is 0.655. The van der Waals surface area contributed by atoms with E-state index >= 15 is 0 Å². The van der Waals surface area contributed by atoms with Crippen molar-refractivity contribution in [1.82, 2.24) is 9.80 Å². The van der Waals surface area contributed by atoms with Gasteiger partial charge >= 0.3 is 0 Å². The van der Waals surface area contributed by atoms with Gasteiger partial charge in [-0.25, -0.2) is 0 Å². The van der Waals surface area contributed by atoms with Crippen LogP contribution in [0, 0.1) is 0 Å². The largest absolute Gasteiger partial charge is 0.480 e. The highest BCUT2D eigenvalue weighted by molar-refractivity contribution is 6.30. The molecule has 0 aliphatic carbocycles. The molecule has 1 unspecified atom stereocenters. The van der Waals surface area contributed by atoms with Crippen molar-refractivity contribution in [3.05, 3.63) is 28.8 Å². The highest BCUT2D eigenvalue weighted by Crippen LogP contribution is 2.31. The van der Waals surface area contributed by atoms with E-state index in [1.54, 1.807) is 22.8 Å². The average molecular weight is 323 g/mol. The molecule has 2 aliphatic rings. The molecule has 5 nitrogen and oxygen atoms in total. The van der Waals surface area contributed by atoms with Crippen molar-refractivity contribution >= 4 is 23.4 Å². The molecule has 2 aliphatic heterocycles. The molecule has 0 bridgehead atoms. The lowest BCUT2D eigenvalue weighted by Gasteiger charge is -2.24. The van der Waals surface area contributed by atoms with E-state index in [1.165, 1.54) is 0 Å². The highest BCUT2D eigenvalue weighted by Gasteiger charge is 2.33. The number of carbonyl (C=O) groups is 2. The van der Waals surface area contributed by atoms with Crippen LogP contribution in [0.5, 0.6) is 5.75 Å². The molecule has 6 heteroatoms. The van der Waals surface area contributed by atoms with E-state index in [2.05, 4.69) is 0 Å². The Morgan fingerprint density at radius 3 is 2.68 bits per heavy atom. The predicted octanol–water partition coefficient (Wildman–Crippen LogP) is 1.72. The van der Waals surface area contributed by atoms with Gasteiger partial charge in [0.05, 0.1) is 0 Å². The minimum Gasteiger partial charge on any atom is -0.480 e. The van der Waals surface area contributed by atoms with Crippen LogP contribution >= 0.6 is 11.6 Å². The van der Waals surface area contributed by atoms with Crippen molar-refractivity contribution in [2.45, 2.75) is 25.9 Å². The molecule has 1 atom stereocenters. The second kappa shape index (κ2) is 6.16. The predicted molar refractivity (Wildman–Crippen MR) is 83.0 cm³/mol. The summed E-state index contributed by atoms with van der Waals surface area (Å²) in [5.74, 6) is 0.800. The quantitative estimate of drug-likeness (QED) is 0.791. The number of benzene rings is 1. The summed E-state index contributed by atoms with van der Waals surface area (Å²) < 4.78 is 5.76. The fourth-order valence-corrected chi connectivity index (χ4v) is 3.21. The van der Waals surface area contributed by atoms with Crippen molar-refractivity contribution in [3.63, 3.8) is 0 Å². The van der Waals surface area contributed by atoms with Crippen LogP contribution in [0.25, 0.3) is 0 Å². The third kappa shape index (κ3) is 3.04. The zero-order valence-corrected chi connectivity index (χ0v) is 13.3. The van der Waals surface area contributed by atoms with E-state index in [4.69, 9.17) is 16.3 Å². The number of amides is 2.